The number of piperazine rings is 1. The second kappa shape index (κ2) is 7.13. The summed E-state index contributed by atoms with van der Waals surface area (Å²) in [5.41, 5.74) is 1.95. The van der Waals surface area contributed by atoms with Crippen molar-refractivity contribution in [1.82, 2.24) is 20.0 Å². The first-order chi connectivity index (χ1) is 12.7. The van der Waals surface area contributed by atoms with Crippen LogP contribution in [0.15, 0.2) is 47.0 Å². The van der Waals surface area contributed by atoms with Crippen LogP contribution in [-0.2, 0) is 0 Å². The first kappa shape index (κ1) is 16.5. The third-order valence-corrected chi connectivity index (χ3v) is 4.48. The highest BCUT2D eigenvalue weighted by molar-refractivity contribution is 5.66. The van der Waals surface area contributed by atoms with Crippen LogP contribution in [0.2, 0.25) is 0 Å². The average Bonchev–Trinajstić information content (AvgIpc) is 3.07. The quantitative estimate of drug-likeness (QED) is 0.776. The summed E-state index contributed by atoms with van der Waals surface area (Å²) in [5, 5.41) is 7.14. The number of nitrogens with one attached hydrogen (secondary N) is 1. The maximum atomic E-state index is 5.13. The zero-order chi connectivity index (χ0) is 17.9. The molecule has 4 rings (SSSR count). The van der Waals surface area contributed by atoms with Crippen LogP contribution in [0.1, 0.15) is 5.76 Å². The molecule has 0 bridgehead atoms. The molecule has 0 amide bonds. The number of hydrogen-bond acceptors (Lipinski definition) is 7. The molecule has 1 fully saturated rings. The largest absolute Gasteiger partial charge is 0.360 e. The van der Waals surface area contributed by atoms with Gasteiger partial charge in [-0.05, 0) is 14.0 Å². The molecule has 26 heavy (non-hydrogen) atoms. The molecule has 0 saturated carbocycles. The molecule has 134 valence electrons. The normalized spacial score (nSPS) is 15.2. The molecule has 1 aliphatic rings. The molecule has 2 aromatic heterocycles. The van der Waals surface area contributed by atoms with Crippen molar-refractivity contribution >= 4 is 17.6 Å². The molecular formula is C19H22N6O. The van der Waals surface area contributed by atoms with Gasteiger partial charge in [-0.25, -0.2) is 4.98 Å². The van der Waals surface area contributed by atoms with Gasteiger partial charge in [-0.3, -0.25) is 0 Å². The Hall–Kier alpha value is -2.93. The van der Waals surface area contributed by atoms with Crippen molar-refractivity contribution in [2.75, 3.05) is 43.4 Å². The molecule has 3 heterocycles. The highest BCUT2D eigenvalue weighted by atomic mass is 16.5. The van der Waals surface area contributed by atoms with Crippen molar-refractivity contribution in [3.63, 3.8) is 0 Å². The Morgan fingerprint density at radius 3 is 2.46 bits per heavy atom. The number of anilines is 3. The van der Waals surface area contributed by atoms with E-state index in [1.54, 1.807) is 0 Å². The smallest absolute Gasteiger partial charge is 0.231 e. The highest BCUT2D eigenvalue weighted by Crippen LogP contribution is 2.25. The van der Waals surface area contributed by atoms with Crippen molar-refractivity contribution in [3.05, 3.63) is 48.2 Å². The van der Waals surface area contributed by atoms with Crippen LogP contribution >= 0.6 is 0 Å². The molecule has 0 unspecified atom stereocenters. The minimum absolute atomic E-state index is 0.522. The molecule has 1 N–H and O–H groups in total. The van der Waals surface area contributed by atoms with Crippen molar-refractivity contribution < 1.29 is 4.52 Å². The fourth-order valence-corrected chi connectivity index (χ4v) is 2.98. The van der Waals surface area contributed by atoms with Crippen LogP contribution in [0.3, 0.4) is 0 Å². The molecule has 1 aliphatic heterocycles. The van der Waals surface area contributed by atoms with E-state index in [-0.39, 0.29) is 0 Å². The lowest BCUT2D eigenvalue weighted by atomic mass is 10.1. The Bertz CT molecular complexity index is 871. The second-order valence-electron chi connectivity index (χ2n) is 6.54. The maximum absolute atomic E-state index is 5.13. The number of aryl methyl sites for hydroxylation is 1. The van der Waals surface area contributed by atoms with Gasteiger partial charge >= 0.3 is 0 Å². The first-order valence-electron chi connectivity index (χ1n) is 8.76. The summed E-state index contributed by atoms with van der Waals surface area (Å²) in [6, 6.07) is 14.0. The van der Waals surface area contributed by atoms with E-state index in [2.05, 4.69) is 50.5 Å². The predicted molar refractivity (Wildman–Crippen MR) is 102 cm³/mol. The fraction of sp³-hybridized carbons (Fsp3) is 0.316. The number of likely N-dealkylation sites (N-methyl/N-ethyl adjacent to an activating group) is 1. The Morgan fingerprint density at radius 1 is 1.00 bits per heavy atom. The van der Waals surface area contributed by atoms with Gasteiger partial charge in [0.25, 0.3) is 0 Å². The van der Waals surface area contributed by atoms with Gasteiger partial charge in [0.15, 0.2) is 5.82 Å². The Labute approximate surface area is 152 Å². The Kier molecular flexibility index (Phi) is 4.53. The topological polar surface area (TPSA) is 70.3 Å². The summed E-state index contributed by atoms with van der Waals surface area (Å²) in [4.78, 5) is 14.0. The van der Waals surface area contributed by atoms with Gasteiger partial charge in [0.1, 0.15) is 11.6 Å². The van der Waals surface area contributed by atoms with Crippen molar-refractivity contribution in [3.8, 4) is 11.3 Å². The van der Waals surface area contributed by atoms with E-state index in [0.29, 0.717) is 11.8 Å². The van der Waals surface area contributed by atoms with Crippen LogP contribution in [0.5, 0.6) is 0 Å². The second-order valence-corrected chi connectivity index (χ2v) is 6.54. The lowest BCUT2D eigenvalue weighted by Gasteiger charge is -2.33. The zero-order valence-electron chi connectivity index (χ0n) is 15.0. The van der Waals surface area contributed by atoms with Gasteiger partial charge in [0.2, 0.25) is 5.95 Å². The number of hydrogen-bond donors (Lipinski definition) is 1. The molecule has 3 aromatic rings. The van der Waals surface area contributed by atoms with Crippen molar-refractivity contribution in [1.29, 1.82) is 0 Å². The van der Waals surface area contributed by atoms with E-state index in [1.165, 1.54) is 0 Å². The van der Waals surface area contributed by atoms with Gasteiger partial charge in [0, 0.05) is 43.9 Å². The summed E-state index contributed by atoms with van der Waals surface area (Å²) in [6.07, 6.45) is 0. The van der Waals surface area contributed by atoms with Gasteiger partial charge in [0.05, 0.1) is 5.69 Å². The van der Waals surface area contributed by atoms with Crippen LogP contribution in [0, 0.1) is 6.92 Å². The van der Waals surface area contributed by atoms with E-state index in [1.807, 2.05) is 31.2 Å². The van der Waals surface area contributed by atoms with Crippen LogP contribution in [0.4, 0.5) is 17.6 Å². The molecule has 0 atom stereocenters. The van der Waals surface area contributed by atoms with Crippen molar-refractivity contribution in [2.45, 2.75) is 6.92 Å². The van der Waals surface area contributed by atoms with Gasteiger partial charge in [-0.15, -0.1) is 0 Å². The number of aromatic nitrogens is 3. The van der Waals surface area contributed by atoms with E-state index >= 15 is 0 Å². The number of nitrogens with zero attached hydrogens (tertiary/aromatic N) is 5. The summed E-state index contributed by atoms with van der Waals surface area (Å²) >= 11 is 0. The van der Waals surface area contributed by atoms with Gasteiger partial charge in [-0.1, -0.05) is 35.5 Å². The average molecular weight is 350 g/mol. The molecule has 7 nitrogen and oxygen atoms in total. The predicted octanol–water partition coefficient (Wildman–Crippen LogP) is 2.94. The minimum atomic E-state index is 0.522. The Morgan fingerprint density at radius 2 is 1.77 bits per heavy atom. The maximum Gasteiger partial charge on any atom is 0.231 e. The monoisotopic (exact) mass is 350 g/mol. The molecule has 0 radical (unpaired) electrons. The lowest BCUT2D eigenvalue weighted by Crippen LogP contribution is -2.44. The fourth-order valence-electron chi connectivity index (χ4n) is 2.98. The first-order valence-corrected chi connectivity index (χ1v) is 8.76. The van der Waals surface area contributed by atoms with Crippen LogP contribution < -0.4 is 10.2 Å². The van der Waals surface area contributed by atoms with Crippen LogP contribution in [0.25, 0.3) is 11.3 Å². The molecule has 0 spiro atoms. The molecule has 0 aliphatic carbocycles. The SMILES string of the molecule is Cc1cc(Nc2nc(-c3ccccc3)cc(N3CCN(C)CC3)n2)no1. The molecular weight excluding hydrogens is 328 g/mol. The van der Waals surface area contributed by atoms with Crippen LogP contribution in [-0.4, -0.2) is 53.3 Å². The van der Waals surface area contributed by atoms with Gasteiger partial charge in [-0.2, -0.15) is 4.98 Å². The molecule has 1 saturated heterocycles. The third-order valence-electron chi connectivity index (χ3n) is 4.48. The van der Waals surface area contributed by atoms with E-state index in [0.717, 1.165) is 49.0 Å². The molecule has 1 aromatic carbocycles. The minimum Gasteiger partial charge on any atom is -0.360 e. The summed E-state index contributed by atoms with van der Waals surface area (Å²) in [7, 11) is 2.15. The van der Waals surface area contributed by atoms with Crippen molar-refractivity contribution in [2.24, 2.45) is 0 Å². The molecule has 7 heteroatoms. The number of benzene rings is 1. The number of rotatable bonds is 4. The lowest BCUT2D eigenvalue weighted by molar-refractivity contribution is 0.312. The summed E-state index contributed by atoms with van der Waals surface area (Å²) in [6.45, 7) is 5.80. The third kappa shape index (κ3) is 3.67. The van der Waals surface area contributed by atoms with Gasteiger partial charge < -0.3 is 19.6 Å². The van der Waals surface area contributed by atoms with E-state index in [4.69, 9.17) is 9.51 Å². The zero-order valence-corrected chi connectivity index (χ0v) is 15.0. The van der Waals surface area contributed by atoms with E-state index in [9.17, 15) is 0 Å². The summed E-state index contributed by atoms with van der Waals surface area (Å²) in [5.74, 6) is 2.80. The standard InChI is InChI=1S/C19H22N6O/c1-14-12-17(23-26-14)21-19-20-16(15-6-4-3-5-7-15)13-18(22-19)25-10-8-24(2)9-11-25/h3-7,12-13H,8-11H2,1-2H3,(H,20,21,22,23). The highest BCUT2D eigenvalue weighted by Gasteiger charge is 2.18. The van der Waals surface area contributed by atoms with E-state index < -0.39 is 0 Å². The Balaban J connectivity index is 1.69. The summed E-state index contributed by atoms with van der Waals surface area (Å²) < 4.78 is 5.13.